The summed E-state index contributed by atoms with van der Waals surface area (Å²) in [7, 11) is 0. The van der Waals surface area contributed by atoms with Crippen molar-refractivity contribution < 1.29 is 14.6 Å². The number of aromatic nitrogens is 3. The van der Waals surface area contributed by atoms with Crippen molar-refractivity contribution in [2.24, 2.45) is 0 Å². The van der Waals surface area contributed by atoms with Gasteiger partial charge in [-0.1, -0.05) is 18.2 Å². The average Bonchev–Trinajstić information content (AvgIpc) is 3.21. The minimum Gasteiger partial charge on any atom is -0.505 e. The first-order chi connectivity index (χ1) is 14.2. The fraction of sp³-hybridized carbons (Fsp3) is 0.318. The van der Waals surface area contributed by atoms with Crippen molar-refractivity contribution in [2.45, 2.75) is 24.9 Å². The highest BCUT2D eigenvalue weighted by Gasteiger charge is 2.44. The zero-order valence-electron chi connectivity index (χ0n) is 16.0. The van der Waals surface area contributed by atoms with Crippen LogP contribution < -0.4 is 0 Å². The Morgan fingerprint density at radius 2 is 1.90 bits per heavy atom. The van der Waals surface area contributed by atoms with E-state index in [-0.39, 0.29) is 17.4 Å². The molecule has 7 heteroatoms. The van der Waals surface area contributed by atoms with Gasteiger partial charge in [-0.2, -0.15) is 5.10 Å². The lowest BCUT2D eigenvalue weighted by Gasteiger charge is -2.42. The standard InChI is InChI=1S/C22H22N4O3/c27-18-7-4-11-23-19(18)21(28)25-12-9-22(10-13-25)20-16(8-14-29-22)15-26(24-20)17-5-2-1-3-6-17/h1-7,11,15,27H,8-10,12-14H2. The minimum atomic E-state index is -0.462. The molecule has 1 aromatic carbocycles. The van der Waals surface area contributed by atoms with E-state index in [0.29, 0.717) is 32.5 Å². The number of para-hydroxylation sites is 1. The second-order valence-electron chi connectivity index (χ2n) is 7.54. The summed E-state index contributed by atoms with van der Waals surface area (Å²) in [6.45, 7) is 1.72. The first-order valence-corrected chi connectivity index (χ1v) is 9.88. The Labute approximate surface area is 168 Å². The number of ether oxygens (including phenoxy) is 1. The molecule has 148 valence electrons. The summed E-state index contributed by atoms with van der Waals surface area (Å²) in [6.07, 6.45) is 5.80. The maximum Gasteiger partial charge on any atom is 0.276 e. The molecule has 1 amide bonds. The van der Waals surface area contributed by atoms with Crippen molar-refractivity contribution in [3.8, 4) is 11.4 Å². The van der Waals surface area contributed by atoms with Crippen LogP contribution in [0, 0.1) is 0 Å². The molecule has 0 aliphatic carbocycles. The van der Waals surface area contributed by atoms with E-state index in [9.17, 15) is 9.90 Å². The number of carbonyl (C=O) groups excluding carboxylic acids is 1. The van der Waals surface area contributed by atoms with E-state index in [0.717, 1.165) is 17.8 Å². The lowest BCUT2D eigenvalue weighted by Crippen LogP contribution is -2.48. The van der Waals surface area contributed by atoms with E-state index in [1.54, 1.807) is 11.0 Å². The normalized spacial score (nSPS) is 17.9. The van der Waals surface area contributed by atoms with Crippen LogP contribution in [0.2, 0.25) is 0 Å². The quantitative estimate of drug-likeness (QED) is 0.728. The maximum atomic E-state index is 12.8. The van der Waals surface area contributed by atoms with Crippen LogP contribution in [0.5, 0.6) is 5.75 Å². The summed E-state index contributed by atoms with van der Waals surface area (Å²) in [5.74, 6) is -0.334. The number of hydrogen-bond donors (Lipinski definition) is 1. The predicted octanol–water partition coefficient (Wildman–Crippen LogP) is 2.68. The monoisotopic (exact) mass is 390 g/mol. The third-order valence-electron chi connectivity index (χ3n) is 5.84. The van der Waals surface area contributed by atoms with Gasteiger partial charge in [0.15, 0.2) is 5.69 Å². The van der Waals surface area contributed by atoms with Crippen molar-refractivity contribution in [2.75, 3.05) is 19.7 Å². The molecule has 5 rings (SSSR count). The number of piperidine rings is 1. The van der Waals surface area contributed by atoms with E-state index in [4.69, 9.17) is 9.84 Å². The second-order valence-corrected chi connectivity index (χ2v) is 7.54. The van der Waals surface area contributed by atoms with E-state index in [1.807, 2.05) is 35.0 Å². The molecule has 1 saturated heterocycles. The van der Waals surface area contributed by atoms with Gasteiger partial charge in [0.05, 0.1) is 18.0 Å². The Bertz CT molecular complexity index is 1040. The molecule has 0 bridgehead atoms. The third kappa shape index (κ3) is 3.07. The van der Waals surface area contributed by atoms with Crippen LogP contribution in [0.15, 0.2) is 54.9 Å². The smallest absolute Gasteiger partial charge is 0.276 e. The Morgan fingerprint density at radius 3 is 2.66 bits per heavy atom. The predicted molar refractivity (Wildman–Crippen MR) is 106 cm³/mol. The fourth-order valence-corrected chi connectivity index (χ4v) is 4.28. The zero-order valence-corrected chi connectivity index (χ0v) is 16.0. The van der Waals surface area contributed by atoms with Gasteiger partial charge in [-0.05, 0) is 49.1 Å². The first kappa shape index (κ1) is 17.9. The molecule has 2 aliphatic rings. The summed E-state index contributed by atoms with van der Waals surface area (Å²) < 4.78 is 8.18. The van der Waals surface area contributed by atoms with Gasteiger partial charge in [0.1, 0.15) is 11.4 Å². The SMILES string of the molecule is O=C(c1ncccc1O)N1CCC2(CC1)OCCc1cn(-c3ccccc3)nc12. The summed E-state index contributed by atoms with van der Waals surface area (Å²) in [6, 6.07) is 13.2. The van der Waals surface area contributed by atoms with Gasteiger partial charge >= 0.3 is 0 Å². The molecule has 4 heterocycles. The van der Waals surface area contributed by atoms with Crippen molar-refractivity contribution in [3.63, 3.8) is 0 Å². The van der Waals surface area contributed by atoms with Crippen LogP contribution in [0.3, 0.4) is 0 Å². The molecule has 29 heavy (non-hydrogen) atoms. The maximum absolute atomic E-state index is 12.8. The summed E-state index contributed by atoms with van der Waals surface area (Å²) in [5, 5.41) is 14.8. The average molecular weight is 390 g/mol. The molecule has 2 aliphatic heterocycles. The zero-order chi connectivity index (χ0) is 19.8. The van der Waals surface area contributed by atoms with Gasteiger partial charge in [-0.15, -0.1) is 0 Å². The number of likely N-dealkylation sites (tertiary alicyclic amines) is 1. The summed E-state index contributed by atoms with van der Waals surface area (Å²) in [4.78, 5) is 18.5. The molecule has 0 atom stereocenters. The van der Waals surface area contributed by atoms with Gasteiger partial charge in [-0.3, -0.25) is 4.79 Å². The summed E-state index contributed by atoms with van der Waals surface area (Å²) in [5.41, 5.74) is 2.86. The number of benzene rings is 1. The van der Waals surface area contributed by atoms with Gasteiger partial charge in [0.2, 0.25) is 0 Å². The largest absolute Gasteiger partial charge is 0.505 e. The van der Waals surface area contributed by atoms with Crippen LogP contribution in [-0.2, 0) is 16.8 Å². The Kier molecular flexibility index (Phi) is 4.32. The number of pyridine rings is 1. The van der Waals surface area contributed by atoms with Crippen LogP contribution in [0.4, 0.5) is 0 Å². The van der Waals surface area contributed by atoms with E-state index in [1.165, 1.54) is 17.8 Å². The third-order valence-corrected chi connectivity index (χ3v) is 5.84. The van der Waals surface area contributed by atoms with Gasteiger partial charge in [0.25, 0.3) is 5.91 Å². The Hall–Kier alpha value is -3.19. The minimum absolute atomic E-state index is 0.0874. The molecular weight excluding hydrogens is 368 g/mol. The van der Waals surface area contributed by atoms with Crippen LogP contribution >= 0.6 is 0 Å². The number of hydrogen-bond acceptors (Lipinski definition) is 5. The molecule has 0 radical (unpaired) electrons. The van der Waals surface area contributed by atoms with E-state index < -0.39 is 5.60 Å². The number of amides is 1. The molecular formula is C22H22N4O3. The molecule has 0 unspecified atom stereocenters. The molecule has 1 spiro atoms. The number of nitrogens with zero attached hydrogens (tertiary/aromatic N) is 4. The van der Waals surface area contributed by atoms with E-state index >= 15 is 0 Å². The Morgan fingerprint density at radius 1 is 1.10 bits per heavy atom. The van der Waals surface area contributed by atoms with Crippen LogP contribution in [-0.4, -0.2) is 50.4 Å². The molecule has 3 aromatic rings. The molecule has 1 N–H and O–H groups in total. The highest BCUT2D eigenvalue weighted by molar-refractivity contribution is 5.94. The topological polar surface area (TPSA) is 80.5 Å². The lowest BCUT2D eigenvalue weighted by atomic mass is 9.83. The highest BCUT2D eigenvalue weighted by atomic mass is 16.5. The van der Waals surface area contributed by atoms with Crippen LogP contribution in [0.1, 0.15) is 34.6 Å². The summed E-state index contributed by atoms with van der Waals surface area (Å²) >= 11 is 0. The van der Waals surface area contributed by atoms with Gasteiger partial charge < -0.3 is 14.7 Å². The fourth-order valence-electron chi connectivity index (χ4n) is 4.28. The Balaban J connectivity index is 1.38. The van der Waals surface area contributed by atoms with Gasteiger partial charge in [0, 0.05) is 25.5 Å². The van der Waals surface area contributed by atoms with Crippen molar-refractivity contribution in [1.29, 1.82) is 0 Å². The molecule has 0 saturated carbocycles. The number of aromatic hydroxyl groups is 1. The van der Waals surface area contributed by atoms with Gasteiger partial charge in [-0.25, -0.2) is 9.67 Å². The van der Waals surface area contributed by atoms with Crippen LogP contribution in [0.25, 0.3) is 5.69 Å². The highest BCUT2D eigenvalue weighted by Crippen LogP contribution is 2.41. The lowest BCUT2D eigenvalue weighted by molar-refractivity contribution is -0.0963. The number of fused-ring (bicyclic) bond motifs is 2. The van der Waals surface area contributed by atoms with E-state index in [2.05, 4.69) is 11.2 Å². The molecule has 7 nitrogen and oxygen atoms in total. The second kappa shape index (κ2) is 7.00. The number of rotatable bonds is 2. The van der Waals surface area contributed by atoms with Crippen molar-refractivity contribution >= 4 is 5.91 Å². The van der Waals surface area contributed by atoms with Crippen molar-refractivity contribution in [3.05, 3.63) is 71.8 Å². The number of carbonyl (C=O) groups is 1. The first-order valence-electron chi connectivity index (χ1n) is 9.88. The molecule has 1 fully saturated rings. The van der Waals surface area contributed by atoms with Crippen molar-refractivity contribution in [1.82, 2.24) is 19.7 Å². The molecule has 2 aromatic heterocycles.